The lowest BCUT2D eigenvalue weighted by Crippen LogP contribution is -2.14. The van der Waals surface area contributed by atoms with Crippen molar-refractivity contribution in [3.8, 4) is 0 Å². The van der Waals surface area contributed by atoms with Crippen LogP contribution in [0.3, 0.4) is 0 Å². The van der Waals surface area contributed by atoms with Crippen LogP contribution in [0.1, 0.15) is 10.4 Å². The van der Waals surface area contributed by atoms with Gasteiger partial charge in [0.2, 0.25) is 0 Å². The van der Waals surface area contributed by atoms with Crippen molar-refractivity contribution in [2.24, 2.45) is 0 Å². The van der Waals surface area contributed by atoms with E-state index in [0.29, 0.717) is 11.9 Å². The third-order valence-corrected chi connectivity index (χ3v) is 3.05. The molecule has 0 radical (unpaired) electrons. The number of halogens is 4. The summed E-state index contributed by atoms with van der Waals surface area (Å²) in [4.78, 5) is 16.0. The number of benzene rings is 1. The van der Waals surface area contributed by atoms with Gasteiger partial charge in [0.25, 0.3) is 5.91 Å². The average Bonchev–Trinajstić information content (AvgIpc) is 2.41. The van der Waals surface area contributed by atoms with E-state index >= 15 is 0 Å². The van der Waals surface area contributed by atoms with Gasteiger partial charge in [0.15, 0.2) is 5.82 Å². The number of hydrogen-bond donors (Lipinski definition) is 2. The van der Waals surface area contributed by atoms with Crippen LogP contribution in [0.25, 0.3) is 0 Å². The Morgan fingerprint density at radius 2 is 1.90 bits per heavy atom. The fourth-order valence-corrected chi connectivity index (χ4v) is 2.05. The minimum Gasteiger partial charge on any atom is -0.373 e. The molecule has 2 aromatic rings. The van der Waals surface area contributed by atoms with Gasteiger partial charge >= 0.3 is 0 Å². The van der Waals surface area contributed by atoms with Crippen molar-refractivity contribution >= 4 is 40.6 Å². The Hall–Kier alpha value is -1.92. The standard InChI is InChI=1S/C13H9Cl2F2N3O/c1-18-11-3-6(2-10(15)19-11)13(21)20-12-8(14)4-7(16)5-9(12)17/h2-5H,1H3,(H,18,19)(H,20,21). The summed E-state index contributed by atoms with van der Waals surface area (Å²) in [6.45, 7) is 0. The lowest BCUT2D eigenvalue weighted by atomic mass is 10.2. The molecule has 1 aromatic carbocycles. The van der Waals surface area contributed by atoms with E-state index < -0.39 is 17.5 Å². The molecule has 1 aromatic heterocycles. The van der Waals surface area contributed by atoms with Crippen LogP contribution in [0, 0.1) is 11.6 Å². The summed E-state index contributed by atoms with van der Waals surface area (Å²) in [5.41, 5.74) is -0.152. The molecule has 0 aliphatic carbocycles. The van der Waals surface area contributed by atoms with Crippen LogP contribution >= 0.6 is 23.2 Å². The number of nitrogens with zero attached hydrogens (tertiary/aromatic N) is 1. The first kappa shape index (κ1) is 15.5. The molecule has 0 atom stereocenters. The maximum atomic E-state index is 13.6. The molecule has 8 heteroatoms. The van der Waals surface area contributed by atoms with E-state index in [2.05, 4.69) is 15.6 Å². The Morgan fingerprint density at radius 3 is 2.52 bits per heavy atom. The second-order valence-electron chi connectivity index (χ2n) is 4.01. The molecular formula is C13H9Cl2F2N3O. The normalized spacial score (nSPS) is 10.3. The first-order valence-electron chi connectivity index (χ1n) is 5.72. The number of amides is 1. The van der Waals surface area contributed by atoms with E-state index in [0.717, 1.165) is 6.07 Å². The predicted molar refractivity (Wildman–Crippen MR) is 78.1 cm³/mol. The van der Waals surface area contributed by atoms with Crippen LogP contribution in [0.5, 0.6) is 0 Å². The number of nitrogens with one attached hydrogen (secondary N) is 2. The third kappa shape index (κ3) is 3.59. The molecule has 0 aliphatic rings. The largest absolute Gasteiger partial charge is 0.373 e. The Morgan fingerprint density at radius 1 is 1.19 bits per heavy atom. The molecule has 2 N–H and O–H groups in total. The van der Waals surface area contributed by atoms with E-state index in [1.54, 1.807) is 7.05 Å². The van der Waals surface area contributed by atoms with Gasteiger partial charge in [-0.05, 0) is 18.2 Å². The van der Waals surface area contributed by atoms with Gasteiger partial charge in [0.05, 0.1) is 10.7 Å². The van der Waals surface area contributed by atoms with Crippen molar-refractivity contribution in [2.45, 2.75) is 0 Å². The minimum atomic E-state index is -0.970. The fraction of sp³-hybridized carbons (Fsp3) is 0.0769. The molecule has 0 aliphatic heterocycles. The highest BCUT2D eigenvalue weighted by atomic mass is 35.5. The third-order valence-electron chi connectivity index (χ3n) is 2.56. The molecule has 0 unspecified atom stereocenters. The van der Waals surface area contributed by atoms with Crippen LogP contribution in [-0.4, -0.2) is 17.9 Å². The topological polar surface area (TPSA) is 54.0 Å². The van der Waals surface area contributed by atoms with Crippen molar-refractivity contribution in [2.75, 3.05) is 17.7 Å². The van der Waals surface area contributed by atoms with Crippen molar-refractivity contribution < 1.29 is 13.6 Å². The van der Waals surface area contributed by atoms with Gasteiger partial charge in [-0.2, -0.15) is 0 Å². The first-order valence-corrected chi connectivity index (χ1v) is 6.47. The lowest BCUT2D eigenvalue weighted by molar-refractivity contribution is 0.102. The molecule has 4 nitrogen and oxygen atoms in total. The number of pyridine rings is 1. The smallest absolute Gasteiger partial charge is 0.256 e. The monoisotopic (exact) mass is 331 g/mol. The van der Waals surface area contributed by atoms with Crippen LogP contribution < -0.4 is 10.6 Å². The maximum absolute atomic E-state index is 13.6. The minimum absolute atomic E-state index is 0.0951. The van der Waals surface area contributed by atoms with Gasteiger partial charge in [0.1, 0.15) is 16.8 Å². The number of carbonyl (C=O) groups is 1. The summed E-state index contributed by atoms with van der Waals surface area (Å²) in [5, 5.41) is 4.86. The van der Waals surface area contributed by atoms with E-state index in [4.69, 9.17) is 23.2 Å². The average molecular weight is 332 g/mol. The zero-order valence-corrected chi connectivity index (χ0v) is 12.2. The van der Waals surface area contributed by atoms with Crippen molar-refractivity contribution in [3.05, 3.63) is 51.6 Å². The summed E-state index contributed by atoms with van der Waals surface area (Å²) >= 11 is 11.5. The number of anilines is 2. The van der Waals surface area contributed by atoms with Crippen LogP contribution in [0.4, 0.5) is 20.3 Å². The van der Waals surface area contributed by atoms with Gasteiger partial charge in [-0.1, -0.05) is 23.2 Å². The van der Waals surface area contributed by atoms with Gasteiger partial charge < -0.3 is 10.6 Å². The number of rotatable bonds is 3. The van der Waals surface area contributed by atoms with Gasteiger partial charge in [0, 0.05) is 18.7 Å². The molecule has 110 valence electrons. The van der Waals surface area contributed by atoms with Crippen LogP contribution in [0.2, 0.25) is 10.2 Å². The highest BCUT2D eigenvalue weighted by molar-refractivity contribution is 6.34. The zero-order chi connectivity index (χ0) is 15.6. The Bertz CT molecular complexity index is 687. The summed E-state index contributed by atoms with van der Waals surface area (Å²) in [6.07, 6.45) is 0. The lowest BCUT2D eigenvalue weighted by Gasteiger charge is -2.10. The summed E-state index contributed by atoms with van der Waals surface area (Å²) in [6, 6.07) is 4.27. The summed E-state index contributed by atoms with van der Waals surface area (Å²) < 4.78 is 26.6. The molecule has 0 bridgehead atoms. The predicted octanol–water partition coefficient (Wildman–Crippen LogP) is 3.96. The Kier molecular flexibility index (Phi) is 4.59. The number of hydrogen-bond acceptors (Lipinski definition) is 3. The molecule has 0 saturated carbocycles. The highest BCUT2D eigenvalue weighted by Gasteiger charge is 2.15. The van der Waals surface area contributed by atoms with Crippen molar-refractivity contribution in [1.82, 2.24) is 4.98 Å². The van der Waals surface area contributed by atoms with Crippen LogP contribution in [-0.2, 0) is 0 Å². The van der Waals surface area contributed by atoms with Crippen molar-refractivity contribution in [3.63, 3.8) is 0 Å². The van der Waals surface area contributed by atoms with Gasteiger partial charge in [-0.3, -0.25) is 4.79 Å². The Labute approximate surface area is 129 Å². The van der Waals surface area contributed by atoms with Gasteiger partial charge in [-0.25, -0.2) is 13.8 Å². The summed E-state index contributed by atoms with van der Waals surface area (Å²) in [5.74, 6) is -2.08. The second kappa shape index (κ2) is 6.24. The molecular weight excluding hydrogens is 323 g/mol. The molecule has 0 spiro atoms. The molecule has 0 saturated heterocycles. The van der Waals surface area contributed by atoms with Gasteiger partial charge in [-0.15, -0.1) is 0 Å². The van der Waals surface area contributed by atoms with Crippen LogP contribution in [0.15, 0.2) is 24.3 Å². The Balaban J connectivity index is 2.32. The maximum Gasteiger partial charge on any atom is 0.256 e. The molecule has 1 heterocycles. The number of carbonyl (C=O) groups excluding carboxylic acids is 1. The van der Waals surface area contributed by atoms with Crippen molar-refractivity contribution in [1.29, 1.82) is 0 Å². The molecule has 1 amide bonds. The van der Waals surface area contributed by atoms with E-state index in [-0.39, 0.29) is 21.4 Å². The molecule has 21 heavy (non-hydrogen) atoms. The van der Waals surface area contributed by atoms with E-state index in [9.17, 15) is 13.6 Å². The highest BCUT2D eigenvalue weighted by Crippen LogP contribution is 2.27. The number of aromatic nitrogens is 1. The molecule has 0 fully saturated rings. The summed E-state index contributed by atoms with van der Waals surface area (Å²) in [7, 11) is 1.61. The first-order chi connectivity index (χ1) is 9.90. The second-order valence-corrected chi connectivity index (χ2v) is 4.81. The zero-order valence-electron chi connectivity index (χ0n) is 10.7. The quantitative estimate of drug-likeness (QED) is 0.837. The van der Waals surface area contributed by atoms with E-state index in [1.807, 2.05) is 0 Å². The SMILES string of the molecule is CNc1cc(C(=O)Nc2c(F)cc(F)cc2Cl)cc(Cl)n1. The van der Waals surface area contributed by atoms with E-state index in [1.165, 1.54) is 12.1 Å². The fourth-order valence-electron chi connectivity index (χ4n) is 1.60. The molecule has 2 rings (SSSR count).